The van der Waals surface area contributed by atoms with Crippen molar-refractivity contribution in [2.75, 3.05) is 5.73 Å². The van der Waals surface area contributed by atoms with Crippen LogP contribution in [-0.2, 0) is 6.54 Å². The number of anilines is 1. The maximum Gasteiger partial charge on any atom is 0.295 e. The van der Waals surface area contributed by atoms with E-state index in [2.05, 4.69) is 10.2 Å². The van der Waals surface area contributed by atoms with Crippen LogP contribution < -0.4 is 5.73 Å². The molecule has 6 heteroatoms. The van der Waals surface area contributed by atoms with Crippen LogP contribution in [0.2, 0.25) is 0 Å². The summed E-state index contributed by atoms with van der Waals surface area (Å²) in [6.45, 7) is 0.481. The van der Waals surface area contributed by atoms with E-state index >= 15 is 0 Å². The molecule has 0 unspecified atom stereocenters. The molecule has 1 amide bonds. The lowest BCUT2D eigenvalue weighted by Gasteiger charge is -2.06. The zero-order valence-electron chi connectivity index (χ0n) is 15.0. The molecule has 0 fully saturated rings. The topological polar surface area (TPSA) is 93.0 Å². The predicted molar refractivity (Wildman–Crippen MR) is 109 cm³/mol. The lowest BCUT2D eigenvalue weighted by atomic mass is 10.2. The lowest BCUT2D eigenvalue weighted by Crippen LogP contribution is -1.98. The van der Waals surface area contributed by atoms with Gasteiger partial charge in [0.1, 0.15) is 0 Å². The van der Waals surface area contributed by atoms with Crippen LogP contribution in [0.4, 0.5) is 11.4 Å². The molecular formula is C22H18N4O2. The third kappa shape index (κ3) is 3.35. The van der Waals surface area contributed by atoms with Gasteiger partial charge in [0, 0.05) is 16.6 Å². The van der Waals surface area contributed by atoms with Crippen molar-refractivity contribution in [2.24, 2.45) is 10.2 Å². The van der Waals surface area contributed by atoms with E-state index in [1.54, 1.807) is 28.8 Å². The van der Waals surface area contributed by atoms with E-state index in [-0.39, 0.29) is 11.6 Å². The molecule has 0 atom stereocenters. The highest BCUT2D eigenvalue weighted by Gasteiger charge is 2.17. The smallest absolute Gasteiger partial charge is 0.295 e. The average molecular weight is 370 g/mol. The molecule has 0 aliphatic rings. The first kappa shape index (κ1) is 17.5. The molecule has 0 saturated carbocycles. The minimum Gasteiger partial charge on any atom is -0.493 e. The fraction of sp³-hybridized carbons (Fsp3) is 0.0455. The molecular weight excluding hydrogens is 352 g/mol. The number of hydrogen-bond donors (Lipinski definition) is 2. The van der Waals surface area contributed by atoms with E-state index < -0.39 is 5.91 Å². The maximum absolute atomic E-state index is 12.3. The van der Waals surface area contributed by atoms with Crippen molar-refractivity contribution in [3.05, 3.63) is 90.0 Å². The highest BCUT2D eigenvalue weighted by Crippen LogP contribution is 2.39. The van der Waals surface area contributed by atoms with E-state index in [1.165, 1.54) is 0 Å². The number of benzene rings is 3. The first-order valence-electron chi connectivity index (χ1n) is 8.79. The molecule has 138 valence electrons. The summed E-state index contributed by atoms with van der Waals surface area (Å²) in [5.74, 6) is -0.529. The normalized spacial score (nSPS) is 11.3. The summed E-state index contributed by atoms with van der Waals surface area (Å²) >= 11 is 0. The minimum atomic E-state index is -0.501. The van der Waals surface area contributed by atoms with Crippen LogP contribution in [-0.4, -0.2) is 15.6 Å². The first-order valence-corrected chi connectivity index (χ1v) is 8.79. The van der Waals surface area contributed by atoms with Crippen LogP contribution in [0.5, 0.6) is 5.88 Å². The Morgan fingerprint density at radius 1 is 0.929 bits per heavy atom. The van der Waals surface area contributed by atoms with Crippen LogP contribution in [0.3, 0.4) is 0 Å². The van der Waals surface area contributed by atoms with Crippen molar-refractivity contribution >= 4 is 28.2 Å². The molecule has 0 radical (unpaired) electrons. The number of aromatic hydroxyl groups is 1. The number of aromatic nitrogens is 1. The number of rotatable bonds is 4. The molecule has 3 N–H and O–H groups in total. The number of carbonyl (C=O) groups is 1. The fourth-order valence-corrected chi connectivity index (χ4v) is 3.08. The van der Waals surface area contributed by atoms with Crippen molar-refractivity contribution in [1.29, 1.82) is 0 Å². The number of nitrogen functional groups attached to an aromatic ring is 1. The summed E-state index contributed by atoms with van der Waals surface area (Å²) in [6.07, 6.45) is 0. The zero-order chi connectivity index (χ0) is 19.5. The molecule has 0 bridgehead atoms. The monoisotopic (exact) mass is 370 g/mol. The van der Waals surface area contributed by atoms with Gasteiger partial charge in [-0.05, 0) is 35.9 Å². The maximum atomic E-state index is 12.3. The summed E-state index contributed by atoms with van der Waals surface area (Å²) in [5, 5.41) is 19.4. The summed E-state index contributed by atoms with van der Waals surface area (Å²) in [7, 11) is 0. The van der Waals surface area contributed by atoms with Gasteiger partial charge in [0.25, 0.3) is 5.91 Å². The Labute approximate surface area is 161 Å². The molecule has 6 nitrogen and oxygen atoms in total. The summed E-state index contributed by atoms with van der Waals surface area (Å²) < 4.78 is 1.76. The number of amides is 1. The molecule has 1 heterocycles. The molecule has 0 aliphatic heterocycles. The van der Waals surface area contributed by atoms with E-state index in [0.717, 1.165) is 16.5 Å². The number of azo groups is 1. The van der Waals surface area contributed by atoms with Crippen LogP contribution in [0.25, 0.3) is 10.9 Å². The highest BCUT2D eigenvalue weighted by atomic mass is 16.3. The van der Waals surface area contributed by atoms with Crippen molar-refractivity contribution in [3.63, 3.8) is 0 Å². The van der Waals surface area contributed by atoms with Gasteiger partial charge in [-0.15, -0.1) is 10.2 Å². The molecule has 0 saturated heterocycles. The molecule has 3 aromatic carbocycles. The number of nitrogens with zero attached hydrogens (tertiary/aromatic N) is 3. The molecule has 1 aromatic heterocycles. The third-order valence-electron chi connectivity index (χ3n) is 4.50. The summed E-state index contributed by atoms with van der Waals surface area (Å²) in [5.41, 5.74) is 8.72. The molecule has 4 aromatic rings. The molecule has 0 aliphatic carbocycles. The minimum absolute atomic E-state index is 0.0288. The van der Waals surface area contributed by atoms with E-state index in [9.17, 15) is 9.90 Å². The van der Waals surface area contributed by atoms with Gasteiger partial charge in [0.2, 0.25) is 5.88 Å². The number of para-hydroxylation sites is 1. The van der Waals surface area contributed by atoms with Gasteiger partial charge in [0.05, 0.1) is 12.1 Å². The molecule has 4 rings (SSSR count). The zero-order valence-corrected chi connectivity index (χ0v) is 15.0. The number of hydrogen-bond acceptors (Lipinski definition) is 4. The van der Waals surface area contributed by atoms with Crippen molar-refractivity contribution < 1.29 is 9.90 Å². The van der Waals surface area contributed by atoms with Crippen LogP contribution in [0, 0.1) is 0 Å². The second-order valence-corrected chi connectivity index (χ2v) is 6.39. The Morgan fingerprint density at radius 2 is 1.61 bits per heavy atom. The Hall–Kier alpha value is -3.93. The average Bonchev–Trinajstić information content (AvgIpc) is 2.99. The van der Waals surface area contributed by atoms with Gasteiger partial charge in [-0.3, -0.25) is 4.79 Å². The van der Waals surface area contributed by atoms with Gasteiger partial charge < -0.3 is 15.4 Å². The standard InChI is InChI=1S/C22H18N4O2/c23-17-12-10-16(11-13-17)21(27)25-24-20-18-8-4-5-9-19(18)26(22(20)28)14-15-6-2-1-3-7-15/h1-13,28H,14,23H2. The van der Waals surface area contributed by atoms with Gasteiger partial charge >= 0.3 is 0 Å². The second-order valence-electron chi connectivity index (χ2n) is 6.39. The van der Waals surface area contributed by atoms with Crippen LogP contribution in [0.15, 0.2) is 89.1 Å². The van der Waals surface area contributed by atoms with E-state index in [4.69, 9.17) is 5.73 Å². The number of fused-ring (bicyclic) bond motifs is 1. The fourth-order valence-electron chi connectivity index (χ4n) is 3.08. The van der Waals surface area contributed by atoms with Crippen molar-refractivity contribution in [3.8, 4) is 5.88 Å². The quantitative estimate of drug-likeness (QED) is 0.395. The van der Waals surface area contributed by atoms with E-state index in [0.29, 0.717) is 17.8 Å². The lowest BCUT2D eigenvalue weighted by molar-refractivity contribution is 0.0995. The van der Waals surface area contributed by atoms with Gasteiger partial charge in [-0.2, -0.15) is 0 Å². The SMILES string of the molecule is Nc1ccc(C(=O)N=Nc2c(O)n(Cc3ccccc3)c3ccccc23)cc1. The van der Waals surface area contributed by atoms with Gasteiger partial charge in [-0.25, -0.2) is 0 Å². The Kier molecular flexibility index (Phi) is 4.60. The van der Waals surface area contributed by atoms with Gasteiger partial charge in [0.15, 0.2) is 5.69 Å². The van der Waals surface area contributed by atoms with Crippen LogP contribution >= 0.6 is 0 Å². The number of carbonyl (C=O) groups excluding carboxylic acids is 1. The van der Waals surface area contributed by atoms with E-state index in [1.807, 2.05) is 54.6 Å². The Morgan fingerprint density at radius 3 is 2.36 bits per heavy atom. The summed E-state index contributed by atoms with van der Waals surface area (Å²) in [6, 6.07) is 23.8. The number of nitrogens with two attached hydrogens (primary N) is 1. The van der Waals surface area contributed by atoms with Crippen LogP contribution in [0.1, 0.15) is 15.9 Å². The highest BCUT2D eigenvalue weighted by molar-refractivity contribution is 5.97. The third-order valence-corrected chi connectivity index (χ3v) is 4.50. The first-order chi connectivity index (χ1) is 13.6. The van der Waals surface area contributed by atoms with Gasteiger partial charge in [-0.1, -0.05) is 48.5 Å². The Balaban J connectivity index is 1.72. The second kappa shape index (κ2) is 7.36. The molecule has 0 spiro atoms. The largest absolute Gasteiger partial charge is 0.493 e. The Bertz CT molecular complexity index is 1160. The summed E-state index contributed by atoms with van der Waals surface area (Å²) in [4.78, 5) is 12.3. The van der Waals surface area contributed by atoms with Crippen molar-refractivity contribution in [1.82, 2.24) is 4.57 Å². The predicted octanol–water partition coefficient (Wildman–Crippen LogP) is 4.90. The molecule has 28 heavy (non-hydrogen) atoms. The van der Waals surface area contributed by atoms with Crippen molar-refractivity contribution in [2.45, 2.75) is 6.54 Å².